The quantitative estimate of drug-likeness (QED) is 0.639. The zero-order chi connectivity index (χ0) is 11.1. The molecule has 0 heterocycles. The smallest absolute Gasteiger partial charge is 0.0870 e. The molecule has 0 aromatic heterocycles. The van der Waals surface area contributed by atoms with Crippen molar-refractivity contribution in [3.05, 3.63) is 0 Å². The SMILES string of the molecule is CC(C)CN(CCN(C)C)CC(N)=S. The maximum Gasteiger partial charge on any atom is 0.0870 e. The van der Waals surface area contributed by atoms with E-state index < -0.39 is 0 Å². The Labute approximate surface area is 93.2 Å². The van der Waals surface area contributed by atoms with E-state index in [4.69, 9.17) is 18.0 Å². The van der Waals surface area contributed by atoms with Crippen LogP contribution in [0.25, 0.3) is 0 Å². The van der Waals surface area contributed by atoms with Crippen LogP contribution in [-0.4, -0.2) is 55.1 Å². The summed E-state index contributed by atoms with van der Waals surface area (Å²) in [5.74, 6) is 0.659. The van der Waals surface area contributed by atoms with Gasteiger partial charge in [0.15, 0.2) is 0 Å². The summed E-state index contributed by atoms with van der Waals surface area (Å²) in [6.45, 7) is 8.30. The van der Waals surface area contributed by atoms with Crippen LogP contribution < -0.4 is 5.73 Å². The molecule has 0 bridgehead atoms. The zero-order valence-corrected chi connectivity index (χ0v) is 10.6. The second-order valence-corrected chi connectivity index (χ2v) is 4.92. The van der Waals surface area contributed by atoms with Crippen molar-refractivity contribution in [2.75, 3.05) is 40.3 Å². The highest BCUT2D eigenvalue weighted by atomic mass is 32.1. The fourth-order valence-electron chi connectivity index (χ4n) is 1.31. The lowest BCUT2D eigenvalue weighted by Gasteiger charge is -2.25. The van der Waals surface area contributed by atoms with Gasteiger partial charge < -0.3 is 10.6 Å². The van der Waals surface area contributed by atoms with Gasteiger partial charge in [-0.15, -0.1) is 0 Å². The Morgan fingerprint density at radius 2 is 1.86 bits per heavy atom. The number of likely N-dealkylation sites (N-methyl/N-ethyl adjacent to an activating group) is 1. The fourth-order valence-corrected chi connectivity index (χ4v) is 1.50. The summed E-state index contributed by atoms with van der Waals surface area (Å²) in [6, 6.07) is 0. The monoisotopic (exact) mass is 217 g/mol. The van der Waals surface area contributed by atoms with E-state index in [2.05, 4.69) is 37.7 Å². The molecule has 2 N–H and O–H groups in total. The third kappa shape index (κ3) is 8.41. The van der Waals surface area contributed by atoms with Crippen LogP contribution in [0.15, 0.2) is 0 Å². The van der Waals surface area contributed by atoms with Gasteiger partial charge in [-0.3, -0.25) is 4.90 Å². The molecular formula is C10H23N3S. The molecule has 0 aliphatic carbocycles. The van der Waals surface area contributed by atoms with Crippen LogP contribution in [0.4, 0.5) is 0 Å². The van der Waals surface area contributed by atoms with Crippen molar-refractivity contribution < 1.29 is 0 Å². The van der Waals surface area contributed by atoms with Crippen molar-refractivity contribution in [3.8, 4) is 0 Å². The van der Waals surface area contributed by atoms with Gasteiger partial charge in [0.25, 0.3) is 0 Å². The van der Waals surface area contributed by atoms with Gasteiger partial charge in [0.2, 0.25) is 0 Å². The van der Waals surface area contributed by atoms with Crippen molar-refractivity contribution in [3.63, 3.8) is 0 Å². The summed E-state index contributed by atoms with van der Waals surface area (Å²) in [7, 11) is 4.16. The van der Waals surface area contributed by atoms with Crippen LogP contribution in [-0.2, 0) is 0 Å². The van der Waals surface area contributed by atoms with E-state index in [1.165, 1.54) is 0 Å². The molecule has 0 aliphatic rings. The molecule has 0 amide bonds. The number of hydrogen-bond donors (Lipinski definition) is 1. The van der Waals surface area contributed by atoms with E-state index in [1.807, 2.05) is 0 Å². The van der Waals surface area contributed by atoms with Crippen molar-refractivity contribution in [1.82, 2.24) is 9.80 Å². The Morgan fingerprint density at radius 3 is 2.21 bits per heavy atom. The van der Waals surface area contributed by atoms with Gasteiger partial charge in [-0.25, -0.2) is 0 Å². The largest absolute Gasteiger partial charge is 0.392 e. The van der Waals surface area contributed by atoms with E-state index >= 15 is 0 Å². The van der Waals surface area contributed by atoms with Gasteiger partial charge in [-0.1, -0.05) is 26.1 Å². The standard InChI is InChI=1S/C10H23N3S/c1-9(2)7-13(8-10(11)14)6-5-12(3)4/h9H,5-8H2,1-4H3,(H2,11,14). The van der Waals surface area contributed by atoms with Crippen LogP contribution in [0.1, 0.15) is 13.8 Å². The lowest BCUT2D eigenvalue weighted by molar-refractivity contribution is 0.244. The first kappa shape index (κ1) is 13.8. The summed E-state index contributed by atoms with van der Waals surface area (Å²) in [5.41, 5.74) is 5.55. The van der Waals surface area contributed by atoms with Crippen molar-refractivity contribution in [1.29, 1.82) is 0 Å². The molecule has 0 unspecified atom stereocenters. The van der Waals surface area contributed by atoms with E-state index in [1.54, 1.807) is 0 Å². The molecule has 3 nitrogen and oxygen atoms in total. The third-order valence-corrected chi connectivity index (χ3v) is 2.00. The minimum Gasteiger partial charge on any atom is -0.392 e. The van der Waals surface area contributed by atoms with Crippen LogP contribution >= 0.6 is 12.2 Å². The third-order valence-electron chi connectivity index (χ3n) is 1.87. The Morgan fingerprint density at radius 1 is 1.29 bits per heavy atom. The molecule has 0 aromatic rings. The summed E-state index contributed by atoms with van der Waals surface area (Å²) in [6.07, 6.45) is 0. The Kier molecular flexibility index (Phi) is 7.05. The Bertz CT molecular complexity index is 169. The lowest BCUT2D eigenvalue weighted by Crippen LogP contribution is -2.39. The Hall–Kier alpha value is -0.190. The topological polar surface area (TPSA) is 32.5 Å². The summed E-state index contributed by atoms with van der Waals surface area (Å²) in [4.78, 5) is 5.07. The van der Waals surface area contributed by atoms with Crippen LogP contribution in [0.2, 0.25) is 0 Å². The minimum absolute atomic E-state index is 0.587. The molecule has 0 rings (SSSR count). The molecular weight excluding hydrogens is 194 g/mol. The highest BCUT2D eigenvalue weighted by Crippen LogP contribution is 1.98. The average molecular weight is 217 g/mol. The van der Waals surface area contributed by atoms with Crippen LogP contribution in [0.3, 0.4) is 0 Å². The molecule has 4 heteroatoms. The van der Waals surface area contributed by atoms with E-state index in [-0.39, 0.29) is 0 Å². The van der Waals surface area contributed by atoms with Gasteiger partial charge in [-0.2, -0.15) is 0 Å². The number of nitrogens with zero attached hydrogens (tertiary/aromatic N) is 2. The van der Waals surface area contributed by atoms with Gasteiger partial charge in [0, 0.05) is 26.2 Å². The Balaban J connectivity index is 3.90. The molecule has 0 fully saturated rings. The number of thiocarbonyl (C=S) groups is 1. The van der Waals surface area contributed by atoms with Gasteiger partial charge in [0.05, 0.1) is 4.99 Å². The van der Waals surface area contributed by atoms with Crippen LogP contribution in [0, 0.1) is 5.92 Å². The molecule has 0 saturated carbocycles. The highest BCUT2D eigenvalue weighted by Gasteiger charge is 2.08. The molecule has 0 aliphatic heterocycles. The molecule has 0 spiro atoms. The molecule has 14 heavy (non-hydrogen) atoms. The van der Waals surface area contributed by atoms with E-state index in [0.29, 0.717) is 10.9 Å². The highest BCUT2D eigenvalue weighted by molar-refractivity contribution is 7.80. The normalized spacial score (nSPS) is 11.6. The predicted octanol–water partition coefficient (Wildman–Crippen LogP) is 0.792. The number of hydrogen-bond acceptors (Lipinski definition) is 3. The lowest BCUT2D eigenvalue weighted by atomic mass is 10.2. The fraction of sp³-hybridized carbons (Fsp3) is 0.900. The van der Waals surface area contributed by atoms with E-state index in [9.17, 15) is 0 Å². The average Bonchev–Trinajstić information content (AvgIpc) is 1.97. The van der Waals surface area contributed by atoms with Crippen molar-refractivity contribution >= 4 is 17.2 Å². The number of rotatable bonds is 7. The maximum atomic E-state index is 5.55. The van der Waals surface area contributed by atoms with Crippen molar-refractivity contribution in [2.24, 2.45) is 11.7 Å². The summed E-state index contributed by atoms with van der Waals surface area (Å²) < 4.78 is 0. The van der Waals surface area contributed by atoms with Gasteiger partial charge in [-0.05, 0) is 20.0 Å². The second kappa shape index (κ2) is 7.15. The van der Waals surface area contributed by atoms with Gasteiger partial charge >= 0.3 is 0 Å². The van der Waals surface area contributed by atoms with Gasteiger partial charge in [0.1, 0.15) is 0 Å². The second-order valence-electron chi connectivity index (χ2n) is 4.40. The summed E-state index contributed by atoms with van der Waals surface area (Å²) in [5, 5.41) is 0. The molecule has 0 aromatic carbocycles. The molecule has 0 radical (unpaired) electrons. The minimum atomic E-state index is 0.587. The first-order valence-electron chi connectivity index (χ1n) is 5.07. The predicted molar refractivity (Wildman–Crippen MR) is 66.6 cm³/mol. The maximum absolute atomic E-state index is 5.55. The summed E-state index contributed by atoms with van der Waals surface area (Å²) >= 11 is 4.93. The van der Waals surface area contributed by atoms with Crippen LogP contribution in [0.5, 0.6) is 0 Å². The number of nitrogens with two attached hydrogens (primary N) is 1. The molecule has 84 valence electrons. The first-order valence-corrected chi connectivity index (χ1v) is 5.48. The first-order chi connectivity index (χ1) is 6.41. The zero-order valence-electron chi connectivity index (χ0n) is 9.79. The molecule has 0 saturated heterocycles. The van der Waals surface area contributed by atoms with E-state index in [0.717, 1.165) is 26.2 Å². The van der Waals surface area contributed by atoms with Crippen molar-refractivity contribution in [2.45, 2.75) is 13.8 Å². The molecule has 0 atom stereocenters.